The van der Waals surface area contributed by atoms with Gasteiger partial charge in [-0.15, -0.1) is 0 Å². The van der Waals surface area contributed by atoms with Gasteiger partial charge < -0.3 is 10.6 Å². The van der Waals surface area contributed by atoms with E-state index in [1.165, 1.54) is 19.3 Å². The molecule has 8 heteroatoms. The van der Waals surface area contributed by atoms with Crippen LogP contribution < -0.4 is 10.6 Å². The summed E-state index contributed by atoms with van der Waals surface area (Å²) in [6.45, 7) is 2.32. The molecule has 1 atom stereocenters. The van der Waals surface area contributed by atoms with Gasteiger partial charge in [0, 0.05) is 30.9 Å². The molecule has 3 N–H and O–H groups in total. The first kappa shape index (κ1) is 16.7. The first-order valence-electron chi connectivity index (χ1n) is 10.1. The van der Waals surface area contributed by atoms with Gasteiger partial charge in [0.15, 0.2) is 5.65 Å². The first-order chi connectivity index (χ1) is 14.3. The highest BCUT2D eigenvalue weighted by molar-refractivity contribution is 5.64. The predicted molar refractivity (Wildman–Crippen MR) is 110 cm³/mol. The monoisotopic (exact) mass is 386 g/mol. The summed E-state index contributed by atoms with van der Waals surface area (Å²) in [7, 11) is 0. The fraction of sp³-hybridized carbons (Fsp3) is 0.333. The van der Waals surface area contributed by atoms with Crippen LogP contribution in [0.2, 0.25) is 0 Å². The van der Waals surface area contributed by atoms with E-state index in [2.05, 4.69) is 25.8 Å². The molecule has 5 heterocycles. The predicted octanol–water partition coefficient (Wildman–Crippen LogP) is 2.74. The molecule has 146 valence electrons. The summed E-state index contributed by atoms with van der Waals surface area (Å²) < 4.78 is 1.85. The van der Waals surface area contributed by atoms with E-state index in [1.807, 2.05) is 47.2 Å². The molecule has 0 radical (unpaired) electrons. The summed E-state index contributed by atoms with van der Waals surface area (Å²) in [5, 5.41) is 18.7. The SMILES string of the molecule is c1cc(NC2CCC3(CNC3)C2)nc(-c2cnc3ccc(-c4cn[nH]c4)nn23)c1. The van der Waals surface area contributed by atoms with Crippen molar-refractivity contribution in [2.24, 2.45) is 5.41 Å². The smallest absolute Gasteiger partial charge is 0.154 e. The van der Waals surface area contributed by atoms with Crippen LogP contribution in [0.3, 0.4) is 0 Å². The highest BCUT2D eigenvalue weighted by Crippen LogP contribution is 2.42. The van der Waals surface area contributed by atoms with Gasteiger partial charge in [-0.3, -0.25) is 5.10 Å². The lowest BCUT2D eigenvalue weighted by Gasteiger charge is -2.39. The molecule has 2 fully saturated rings. The maximum Gasteiger partial charge on any atom is 0.154 e. The number of nitrogens with zero attached hydrogens (tertiary/aromatic N) is 5. The number of rotatable bonds is 4. The molecule has 1 aliphatic carbocycles. The number of nitrogens with one attached hydrogen (secondary N) is 3. The highest BCUT2D eigenvalue weighted by Gasteiger charge is 2.43. The van der Waals surface area contributed by atoms with E-state index < -0.39 is 0 Å². The van der Waals surface area contributed by atoms with Crippen molar-refractivity contribution >= 4 is 11.5 Å². The molecule has 1 aliphatic heterocycles. The summed E-state index contributed by atoms with van der Waals surface area (Å²) in [6.07, 6.45) is 9.15. The molecule has 1 spiro atoms. The maximum absolute atomic E-state index is 4.87. The van der Waals surface area contributed by atoms with Gasteiger partial charge >= 0.3 is 0 Å². The van der Waals surface area contributed by atoms with Crippen LogP contribution in [0, 0.1) is 5.41 Å². The quantitative estimate of drug-likeness (QED) is 0.499. The largest absolute Gasteiger partial charge is 0.367 e. The van der Waals surface area contributed by atoms with E-state index in [1.54, 1.807) is 6.20 Å². The van der Waals surface area contributed by atoms with Crippen LogP contribution >= 0.6 is 0 Å². The van der Waals surface area contributed by atoms with Gasteiger partial charge in [0.2, 0.25) is 0 Å². The molecule has 29 heavy (non-hydrogen) atoms. The van der Waals surface area contributed by atoms with Crippen LogP contribution in [0.4, 0.5) is 5.82 Å². The summed E-state index contributed by atoms with van der Waals surface area (Å²) in [5.74, 6) is 0.915. The van der Waals surface area contributed by atoms with Crippen molar-refractivity contribution in [3.63, 3.8) is 0 Å². The van der Waals surface area contributed by atoms with Crippen molar-refractivity contribution in [1.82, 2.24) is 35.1 Å². The first-order valence-corrected chi connectivity index (χ1v) is 10.1. The normalized spacial score (nSPS) is 20.2. The zero-order valence-electron chi connectivity index (χ0n) is 16.0. The number of hydrogen-bond donors (Lipinski definition) is 3. The Morgan fingerprint density at radius 2 is 2.07 bits per heavy atom. The van der Waals surface area contributed by atoms with Crippen LogP contribution in [-0.4, -0.2) is 48.9 Å². The van der Waals surface area contributed by atoms with E-state index >= 15 is 0 Å². The van der Waals surface area contributed by atoms with E-state index in [0.29, 0.717) is 11.5 Å². The number of aromatic amines is 1. The molecule has 6 rings (SSSR count). The Labute approximate surface area is 167 Å². The minimum absolute atomic E-state index is 0.493. The van der Waals surface area contributed by atoms with Crippen molar-refractivity contribution in [1.29, 1.82) is 0 Å². The Balaban J connectivity index is 1.30. The molecular weight excluding hydrogens is 364 g/mol. The van der Waals surface area contributed by atoms with E-state index in [4.69, 9.17) is 10.1 Å². The Hall–Kier alpha value is -3.26. The van der Waals surface area contributed by atoms with Crippen LogP contribution in [0.5, 0.6) is 0 Å². The molecule has 8 nitrogen and oxygen atoms in total. The lowest BCUT2D eigenvalue weighted by atomic mass is 9.80. The lowest BCUT2D eigenvalue weighted by Crippen LogP contribution is -2.52. The van der Waals surface area contributed by atoms with Crippen LogP contribution in [-0.2, 0) is 0 Å². The van der Waals surface area contributed by atoms with Gasteiger partial charge in [0.25, 0.3) is 0 Å². The minimum atomic E-state index is 0.493. The average Bonchev–Trinajstić information content (AvgIpc) is 3.46. The standard InChI is InChI=1S/C21H22N8/c1-2-17(27-19(3-1)26-15-6-7-21(8-15)12-22-13-21)18-11-23-20-5-4-16(28-29(18)20)14-9-24-25-10-14/h1-5,9-11,15,22H,6-8,12-13H2,(H,24,25)(H,26,27). The zero-order chi connectivity index (χ0) is 19.3. The average molecular weight is 386 g/mol. The third-order valence-electron chi connectivity index (χ3n) is 6.22. The fourth-order valence-electron chi connectivity index (χ4n) is 4.59. The maximum atomic E-state index is 4.87. The molecule has 1 saturated carbocycles. The molecule has 4 aromatic heterocycles. The van der Waals surface area contributed by atoms with Crippen molar-refractivity contribution in [2.45, 2.75) is 25.3 Å². The molecule has 1 saturated heterocycles. The van der Waals surface area contributed by atoms with Gasteiger partial charge in [0.05, 0.1) is 23.8 Å². The molecule has 1 unspecified atom stereocenters. The van der Waals surface area contributed by atoms with E-state index in [9.17, 15) is 0 Å². The van der Waals surface area contributed by atoms with Crippen LogP contribution in [0.15, 0.2) is 48.9 Å². The van der Waals surface area contributed by atoms with E-state index in [0.717, 1.165) is 47.2 Å². The molecule has 0 bridgehead atoms. The van der Waals surface area contributed by atoms with Crippen molar-refractivity contribution in [3.05, 3.63) is 48.9 Å². The topological polar surface area (TPSA) is 95.8 Å². The Bertz CT molecular complexity index is 1160. The Kier molecular flexibility index (Phi) is 3.67. The second-order valence-electron chi connectivity index (χ2n) is 8.21. The molecule has 4 aromatic rings. The number of hydrogen-bond acceptors (Lipinski definition) is 6. The van der Waals surface area contributed by atoms with Gasteiger partial charge in [-0.2, -0.15) is 10.2 Å². The van der Waals surface area contributed by atoms with Crippen molar-refractivity contribution in [3.8, 4) is 22.6 Å². The highest BCUT2D eigenvalue weighted by atomic mass is 15.3. The lowest BCUT2D eigenvalue weighted by molar-refractivity contribution is 0.176. The number of H-pyrrole nitrogens is 1. The number of anilines is 1. The fourth-order valence-corrected chi connectivity index (χ4v) is 4.59. The second kappa shape index (κ2) is 6.38. The van der Waals surface area contributed by atoms with Crippen molar-refractivity contribution < 1.29 is 0 Å². The van der Waals surface area contributed by atoms with Crippen LogP contribution in [0.25, 0.3) is 28.3 Å². The molecular formula is C21H22N8. The molecule has 0 amide bonds. The minimum Gasteiger partial charge on any atom is -0.367 e. The van der Waals surface area contributed by atoms with Gasteiger partial charge in [-0.1, -0.05) is 6.07 Å². The van der Waals surface area contributed by atoms with Gasteiger partial charge in [-0.25, -0.2) is 14.5 Å². The molecule has 2 aliphatic rings. The zero-order valence-corrected chi connectivity index (χ0v) is 16.0. The second-order valence-corrected chi connectivity index (χ2v) is 8.21. The summed E-state index contributed by atoms with van der Waals surface area (Å²) in [4.78, 5) is 9.36. The summed E-state index contributed by atoms with van der Waals surface area (Å²) in [6, 6.07) is 10.5. The van der Waals surface area contributed by atoms with Crippen molar-refractivity contribution in [2.75, 3.05) is 18.4 Å². The number of aromatic nitrogens is 6. The number of pyridine rings is 1. The van der Waals surface area contributed by atoms with Gasteiger partial charge in [-0.05, 0) is 48.9 Å². The number of fused-ring (bicyclic) bond motifs is 1. The third kappa shape index (κ3) is 2.87. The third-order valence-corrected chi connectivity index (χ3v) is 6.22. The Morgan fingerprint density at radius 3 is 2.86 bits per heavy atom. The summed E-state index contributed by atoms with van der Waals surface area (Å²) in [5.41, 5.74) is 4.82. The summed E-state index contributed by atoms with van der Waals surface area (Å²) >= 11 is 0. The molecule has 0 aromatic carbocycles. The van der Waals surface area contributed by atoms with E-state index in [-0.39, 0.29) is 0 Å². The van der Waals surface area contributed by atoms with Gasteiger partial charge in [0.1, 0.15) is 11.5 Å². The number of imidazole rings is 1. The van der Waals surface area contributed by atoms with Crippen LogP contribution in [0.1, 0.15) is 19.3 Å². The Morgan fingerprint density at radius 1 is 1.10 bits per heavy atom.